The molecule has 0 saturated carbocycles. The molecule has 2 N–H and O–H groups in total. The lowest BCUT2D eigenvalue weighted by atomic mass is 10.1. The number of rotatable bonds is 8. The van der Waals surface area contributed by atoms with E-state index in [4.69, 9.17) is 9.47 Å². The van der Waals surface area contributed by atoms with Crippen LogP contribution in [0, 0.1) is 0 Å². The fourth-order valence-corrected chi connectivity index (χ4v) is 2.59. The maximum Gasteiger partial charge on any atom is 0.408 e. The molecule has 0 aromatic heterocycles. The Labute approximate surface area is 182 Å². The number of hydrogen-bond acceptors (Lipinski definition) is 5. The zero-order valence-corrected chi connectivity index (χ0v) is 17.9. The third-order valence-corrected chi connectivity index (χ3v) is 4.01. The summed E-state index contributed by atoms with van der Waals surface area (Å²) in [7, 11) is 0. The average Bonchev–Trinajstić information content (AvgIpc) is 2.74. The second-order valence-corrected chi connectivity index (χ2v) is 7.81. The van der Waals surface area contributed by atoms with E-state index in [1.807, 2.05) is 60.7 Å². The van der Waals surface area contributed by atoms with Gasteiger partial charge in [-0.1, -0.05) is 72.8 Å². The second kappa shape index (κ2) is 11.5. The van der Waals surface area contributed by atoms with Crippen LogP contribution in [0.5, 0.6) is 0 Å². The normalized spacial score (nSPS) is 13.1. The predicted molar refractivity (Wildman–Crippen MR) is 118 cm³/mol. The molecule has 0 heterocycles. The van der Waals surface area contributed by atoms with Crippen molar-refractivity contribution in [2.75, 3.05) is 0 Å². The van der Waals surface area contributed by atoms with Crippen molar-refractivity contribution in [2.24, 2.45) is 0 Å². The van der Waals surface area contributed by atoms with E-state index in [2.05, 4.69) is 10.6 Å². The molecule has 0 aliphatic carbocycles. The smallest absolute Gasteiger partial charge is 0.408 e. The van der Waals surface area contributed by atoms with E-state index in [1.165, 1.54) is 0 Å². The summed E-state index contributed by atoms with van der Waals surface area (Å²) < 4.78 is 10.5. The molecule has 2 rings (SSSR count). The lowest BCUT2D eigenvalue weighted by Gasteiger charge is -2.25. The maximum atomic E-state index is 12.3. The van der Waals surface area contributed by atoms with Crippen LogP contribution in [0.1, 0.15) is 31.9 Å². The summed E-state index contributed by atoms with van der Waals surface area (Å²) in [5.41, 5.74) is 0.971. The molecular weight excluding hydrogens is 396 g/mol. The molecule has 0 fully saturated rings. The number of hydrogen-bond donors (Lipinski definition) is 2. The van der Waals surface area contributed by atoms with Crippen molar-refractivity contribution in [3.05, 3.63) is 77.9 Å². The topological polar surface area (TPSA) is 93.7 Å². The van der Waals surface area contributed by atoms with Crippen molar-refractivity contribution in [3.63, 3.8) is 0 Å². The fourth-order valence-electron chi connectivity index (χ4n) is 2.59. The number of nitrogens with one attached hydrogen (secondary N) is 2. The number of alkyl carbamates (subject to hydrolysis) is 2. The van der Waals surface area contributed by atoms with Gasteiger partial charge in [0.25, 0.3) is 0 Å². The SMILES string of the molecule is CC(C)(C)OC(=O)N[C@H](/C=C/c1ccccc1)[C@@H](C=O)NC(=O)OCc1ccccc1. The molecule has 2 atom stereocenters. The standard InChI is InChI=1S/C24H28N2O5/c1-24(2,3)31-23(29)25-20(15-14-18-10-6-4-7-11-18)21(16-27)26-22(28)30-17-19-12-8-5-9-13-19/h4-16,20-21H,17H2,1-3H3,(H,25,29)(H,26,28)/b15-14+/t20-,21-/m1/s1. The van der Waals surface area contributed by atoms with Gasteiger partial charge in [-0.3, -0.25) is 0 Å². The molecule has 0 radical (unpaired) electrons. The number of amides is 2. The summed E-state index contributed by atoms with van der Waals surface area (Å²) in [6.07, 6.45) is 2.43. The van der Waals surface area contributed by atoms with Gasteiger partial charge in [-0.25, -0.2) is 9.59 Å². The van der Waals surface area contributed by atoms with Gasteiger partial charge in [0.15, 0.2) is 0 Å². The lowest BCUT2D eigenvalue weighted by molar-refractivity contribution is -0.109. The first-order chi connectivity index (χ1) is 14.8. The first-order valence-electron chi connectivity index (χ1n) is 9.92. The third-order valence-electron chi connectivity index (χ3n) is 4.01. The molecule has 7 heteroatoms. The second-order valence-electron chi connectivity index (χ2n) is 7.81. The summed E-state index contributed by atoms with van der Waals surface area (Å²) in [6, 6.07) is 16.6. The fraction of sp³-hybridized carbons (Fsp3) is 0.292. The molecule has 2 aromatic rings. The van der Waals surface area contributed by atoms with Crippen LogP contribution in [-0.2, 0) is 20.9 Å². The molecule has 2 aromatic carbocycles. The Kier molecular flexibility index (Phi) is 8.81. The minimum atomic E-state index is -1.06. The van der Waals surface area contributed by atoms with Crippen LogP contribution in [-0.4, -0.2) is 36.2 Å². The van der Waals surface area contributed by atoms with Gasteiger partial charge in [0.2, 0.25) is 0 Å². The van der Waals surface area contributed by atoms with E-state index in [0.29, 0.717) is 6.29 Å². The molecule has 0 aliphatic rings. The number of benzene rings is 2. The molecule has 164 valence electrons. The number of carbonyl (C=O) groups is 3. The van der Waals surface area contributed by atoms with Crippen LogP contribution in [0.2, 0.25) is 0 Å². The summed E-state index contributed by atoms with van der Waals surface area (Å²) in [5, 5.41) is 5.12. The molecule has 0 aliphatic heterocycles. The van der Waals surface area contributed by atoms with E-state index in [1.54, 1.807) is 32.9 Å². The first-order valence-corrected chi connectivity index (χ1v) is 9.92. The molecule has 0 bridgehead atoms. The van der Waals surface area contributed by atoms with E-state index < -0.39 is 29.9 Å². The Morgan fingerprint density at radius 2 is 1.48 bits per heavy atom. The summed E-state index contributed by atoms with van der Waals surface area (Å²) in [4.78, 5) is 36.2. The number of aldehydes is 1. The van der Waals surface area contributed by atoms with E-state index >= 15 is 0 Å². The third kappa shape index (κ3) is 9.16. The highest BCUT2D eigenvalue weighted by molar-refractivity contribution is 5.76. The lowest BCUT2D eigenvalue weighted by Crippen LogP contribution is -2.52. The highest BCUT2D eigenvalue weighted by Gasteiger charge is 2.26. The van der Waals surface area contributed by atoms with E-state index in [-0.39, 0.29) is 6.61 Å². The van der Waals surface area contributed by atoms with Crippen molar-refractivity contribution in [1.29, 1.82) is 0 Å². The van der Waals surface area contributed by atoms with Crippen molar-refractivity contribution in [3.8, 4) is 0 Å². The Balaban J connectivity index is 2.08. The van der Waals surface area contributed by atoms with Crippen molar-refractivity contribution < 1.29 is 23.9 Å². The van der Waals surface area contributed by atoms with Gasteiger partial charge < -0.3 is 24.9 Å². The van der Waals surface area contributed by atoms with Crippen LogP contribution < -0.4 is 10.6 Å². The minimum Gasteiger partial charge on any atom is -0.445 e. The Bertz CT molecular complexity index is 876. The van der Waals surface area contributed by atoms with Crippen molar-refractivity contribution >= 4 is 24.5 Å². The van der Waals surface area contributed by atoms with Gasteiger partial charge in [-0.15, -0.1) is 0 Å². The molecule has 2 amide bonds. The highest BCUT2D eigenvalue weighted by Crippen LogP contribution is 2.09. The predicted octanol–water partition coefficient (Wildman–Crippen LogP) is 4.09. The van der Waals surface area contributed by atoms with Gasteiger partial charge in [0.05, 0.1) is 6.04 Å². The molecular formula is C24H28N2O5. The van der Waals surface area contributed by atoms with Gasteiger partial charge in [0, 0.05) is 0 Å². The molecule has 0 unspecified atom stereocenters. The van der Waals surface area contributed by atoms with Gasteiger partial charge >= 0.3 is 12.2 Å². The Morgan fingerprint density at radius 3 is 2.06 bits per heavy atom. The monoisotopic (exact) mass is 424 g/mol. The Morgan fingerprint density at radius 1 is 0.903 bits per heavy atom. The van der Waals surface area contributed by atoms with Crippen LogP contribution in [0.25, 0.3) is 6.08 Å². The Hall–Kier alpha value is -3.61. The zero-order valence-electron chi connectivity index (χ0n) is 17.9. The van der Waals surface area contributed by atoms with Crippen LogP contribution >= 0.6 is 0 Å². The van der Waals surface area contributed by atoms with Crippen LogP contribution in [0.4, 0.5) is 9.59 Å². The zero-order chi connectivity index (χ0) is 22.7. The summed E-state index contributed by atoms with van der Waals surface area (Å²) in [5.74, 6) is 0. The van der Waals surface area contributed by atoms with Crippen molar-refractivity contribution in [2.45, 2.75) is 45.1 Å². The average molecular weight is 424 g/mol. The molecule has 0 saturated heterocycles. The molecule has 7 nitrogen and oxygen atoms in total. The van der Waals surface area contributed by atoms with E-state index in [0.717, 1.165) is 11.1 Å². The summed E-state index contributed by atoms with van der Waals surface area (Å²) in [6.45, 7) is 5.26. The largest absolute Gasteiger partial charge is 0.445 e. The molecule has 0 spiro atoms. The highest BCUT2D eigenvalue weighted by atomic mass is 16.6. The maximum absolute atomic E-state index is 12.3. The van der Waals surface area contributed by atoms with Crippen molar-refractivity contribution in [1.82, 2.24) is 10.6 Å². The minimum absolute atomic E-state index is 0.0578. The van der Waals surface area contributed by atoms with Crippen LogP contribution in [0.3, 0.4) is 0 Å². The summed E-state index contributed by atoms with van der Waals surface area (Å²) >= 11 is 0. The quantitative estimate of drug-likeness (QED) is 0.623. The van der Waals surface area contributed by atoms with E-state index in [9.17, 15) is 14.4 Å². The molecule has 31 heavy (non-hydrogen) atoms. The van der Waals surface area contributed by atoms with Crippen LogP contribution in [0.15, 0.2) is 66.7 Å². The number of carbonyl (C=O) groups excluding carboxylic acids is 3. The van der Waals surface area contributed by atoms with Gasteiger partial charge in [-0.05, 0) is 31.9 Å². The van der Waals surface area contributed by atoms with Gasteiger partial charge in [-0.2, -0.15) is 0 Å². The van der Waals surface area contributed by atoms with Gasteiger partial charge in [0.1, 0.15) is 24.5 Å². The number of ether oxygens (including phenoxy) is 2. The first kappa shape index (κ1) is 23.7.